The Kier molecular flexibility index (Phi) is 8.94. The van der Waals surface area contributed by atoms with Crippen LogP contribution in [0.1, 0.15) is 61.3 Å². The molecule has 0 bridgehead atoms. The first-order valence-corrected chi connectivity index (χ1v) is 21.1. The molecular formula is C24H52O4Si3. The smallest absolute Gasteiger partial charge is 0.192 e. The van der Waals surface area contributed by atoms with E-state index in [9.17, 15) is 5.11 Å². The molecule has 31 heavy (non-hydrogen) atoms. The highest BCUT2D eigenvalue weighted by Gasteiger charge is 2.55. The van der Waals surface area contributed by atoms with Crippen molar-refractivity contribution in [2.45, 2.75) is 135 Å². The second-order valence-electron chi connectivity index (χ2n) is 13.6. The van der Waals surface area contributed by atoms with E-state index in [0.717, 1.165) is 12.8 Å². The second-order valence-corrected chi connectivity index (χ2v) is 27.5. The lowest BCUT2D eigenvalue weighted by Crippen LogP contribution is -2.65. The van der Waals surface area contributed by atoms with E-state index in [1.807, 2.05) is 6.08 Å². The fourth-order valence-electron chi connectivity index (χ4n) is 3.64. The van der Waals surface area contributed by atoms with E-state index in [1.54, 1.807) is 0 Å². The van der Waals surface area contributed by atoms with Gasteiger partial charge in [0.25, 0.3) is 0 Å². The van der Waals surface area contributed by atoms with Crippen LogP contribution in [0.15, 0.2) is 11.6 Å². The molecule has 0 aliphatic heterocycles. The summed E-state index contributed by atoms with van der Waals surface area (Å²) < 4.78 is 21.1. The van der Waals surface area contributed by atoms with Gasteiger partial charge in [0.05, 0.1) is 18.8 Å². The Morgan fingerprint density at radius 1 is 0.839 bits per heavy atom. The first-order chi connectivity index (χ1) is 13.6. The topological polar surface area (TPSA) is 47.9 Å². The number of aliphatic hydroxyl groups excluding tert-OH is 1. The summed E-state index contributed by atoms with van der Waals surface area (Å²) >= 11 is 0. The average molecular weight is 489 g/mol. The fourth-order valence-corrected chi connectivity index (χ4v) is 7.99. The average Bonchev–Trinajstić information content (AvgIpc) is 2.48. The summed E-state index contributed by atoms with van der Waals surface area (Å²) in [5.41, 5.74) is 0.717. The predicted molar refractivity (Wildman–Crippen MR) is 141 cm³/mol. The van der Waals surface area contributed by atoms with Crippen molar-refractivity contribution in [3.63, 3.8) is 0 Å². The molecule has 1 saturated carbocycles. The monoisotopic (exact) mass is 488 g/mol. The van der Waals surface area contributed by atoms with Crippen molar-refractivity contribution < 1.29 is 18.4 Å². The molecule has 184 valence electrons. The van der Waals surface area contributed by atoms with Gasteiger partial charge in [0.1, 0.15) is 5.60 Å². The van der Waals surface area contributed by atoms with Crippen LogP contribution in [-0.4, -0.2) is 54.5 Å². The van der Waals surface area contributed by atoms with Gasteiger partial charge in [-0.25, -0.2) is 0 Å². The van der Waals surface area contributed by atoms with E-state index in [4.69, 9.17) is 13.3 Å². The van der Waals surface area contributed by atoms with Crippen molar-refractivity contribution in [2.75, 3.05) is 6.61 Å². The van der Waals surface area contributed by atoms with Crippen molar-refractivity contribution in [2.24, 2.45) is 0 Å². The second kappa shape index (κ2) is 9.47. The first kappa shape index (κ1) is 29.3. The number of hydrogen-bond donors (Lipinski definition) is 1. The lowest BCUT2D eigenvalue weighted by atomic mass is 9.78. The molecule has 1 aliphatic carbocycles. The molecule has 0 aromatic carbocycles. The zero-order chi connectivity index (χ0) is 24.7. The number of aliphatic hydroxyl groups is 1. The van der Waals surface area contributed by atoms with Crippen molar-refractivity contribution >= 4 is 25.0 Å². The largest absolute Gasteiger partial charge is 0.411 e. The standard InChI is InChI=1S/C24H52O4Si3/c1-22(2,3)30(11,12)26-20-17-19(15-16-25)18-21(24(20,7)28-29(8,9)10)27-31(13,14)23(4,5)6/h15,20-21,25H,16-18H2,1-14H3/t20-,21+,24?. The van der Waals surface area contributed by atoms with Crippen LogP contribution in [0.3, 0.4) is 0 Å². The summed E-state index contributed by atoms with van der Waals surface area (Å²) in [6.07, 6.45) is 3.39. The van der Waals surface area contributed by atoms with Crippen molar-refractivity contribution in [1.82, 2.24) is 0 Å². The minimum absolute atomic E-state index is 0.0561. The molecule has 0 amide bonds. The third-order valence-corrected chi connectivity index (χ3v) is 17.6. The molecule has 0 spiro atoms. The quantitative estimate of drug-likeness (QED) is 0.307. The van der Waals surface area contributed by atoms with E-state index < -0.39 is 30.6 Å². The summed E-state index contributed by atoms with van der Waals surface area (Å²) in [5, 5.41) is 9.89. The van der Waals surface area contributed by atoms with Gasteiger partial charge in [0.2, 0.25) is 0 Å². The third-order valence-electron chi connectivity index (χ3n) is 7.57. The van der Waals surface area contributed by atoms with Crippen molar-refractivity contribution in [3.8, 4) is 0 Å². The molecule has 1 aliphatic rings. The first-order valence-electron chi connectivity index (χ1n) is 11.9. The molecule has 7 heteroatoms. The van der Waals surface area contributed by atoms with Gasteiger partial charge in [0.15, 0.2) is 25.0 Å². The maximum absolute atomic E-state index is 9.67. The molecule has 1 rings (SSSR count). The molecule has 0 saturated heterocycles. The van der Waals surface area contributed by atoms with Gasteiger partial charge in [-0.2, -0.15) is 0 Å². The fraction of sp³-hybridized carbons (Fsp3) is 0.917. The summed E-state index contributed by atoms with van der Waals surface area (Å²) in [6.45, 7) is 32.0. The van der Waals surface area contributed by atoms with Crippen LogP contribution < -0.4 is 0 Å². The highest BCUT2D eigenvalue weighted by atomic mass is 28.4. The van der Waals surface area contributed by atoms with Crippen LogP contribution in [0.2, 0.25) is 55.9 Å². The molecule has 3 atom stereocenters. The molecule has 0 aromatic heterocycles. The van der Waals surface area contributed by atoms with Crippen LogP contribution >= 0.6 is 0 Å². The van der Waals surface area contributed by atoms with Crippen molar-refractivity contribution in [1.29, 1.82) is 0 Å². The Morgan fingerprint density at radius 3 is 1.45 bits per heavy atom. The highest BCUT2D eigenvalue weighted by Crippen LogP contribution is 2.48. The van der Waals surface area contributed by atoms with E-state index in [1.165, 1.54) is 5.57 Å². The maximum Gasteiger partial charge on any atom is 0.192 e. The van der Waals surface area contributed by atoms with E-state index >= 15 is 0 Å². The summed E-state index contributed by atoms with van der Waals surface area (Å²) in [7, 11) is -5.95. The van der Waals surface area contributed by atoms with Gasteiger partial charge in [0, 0.05) is 0 Å². The molecule has 1 fully saturated rings. The number of rotatable bonds is 7. The van der Waals surface area contributed by atoms with Gasteiger partial charge in [-0.15, -0.1) is 0 Å². The molecule has 0 heterocycles. The summed E-state index contributed by atoms with van der Waals surface area (Å²) in [4.78, 5) is 0. The summed E-state index contributed by atoms with van der Waals surface area (Å²) in [6, 6.07) is 0. The molecule has 1 N–H and O–H groups in total. The molecule has 1 unspecified atom stereocenters. The Labute approximate surface area is 196 Å². The molecule has 0 aromatic rings. The summed E-state index contributed by atoms with van der Waals surface area (Å²) in [5.74, 6) is 0. The van der Waals surface area contributed by atoms with Crippen LogP contribution in [0.4, 0.5) is 0 Å². The van der Waals surface area contributed by atoms with Crippen molar-refractivity contribution in [3.05, 3.63) is 11.6 Å². The molecule has 4 nitrogen and oxygen atoms in total. The normalized spacial score (nSPS) is 28.3. The lowest BCUT2D eigenvalue weighted by molar-refractivity contribution is -0.122. The van der Waals surface area contributed by atoms with Gasteiger partial charge in [-0.3, -0.25) is 0 Å². The van der Waals surface area contributed by atoms with Gasteiger partial charge in [-0.05, 0) is 75.7 Å². The minimum Gasteiger partial charge on any atom is -0.411 e. The SMILES string of the molecule is CC1(O[Si](C)(C)C)[C@@H](O[Si](C)(C)C(C)(C)C)CC(=CCO)C[C@H]1O[Si](C)(C)C(C)(C)C. The minimum atomic E-state index is -2.03. The number of hydrogen-bond acceptors (Lipinski definition) is 4. The highest BCUT2D eigenvalue weighted by molar-refractivity contribution is 6.74. The van der Waals surface area contributed by atoms with Gasteiger partial charge >= 0.3 is 0 Å². The van der Waals surface area contributed by atoms with Crippen LogP contribution in [0.25, 0.3) is 0 Å². The lowest BCUT2D eigenvalue weighted by Gasteiger charge is -2.55. The Bertz CT molecular complexity index is 597. The molecule has 0 radical (unpaired) electrons. The zero-order valence-electron chi connectivity index (χ0n) is 23.0. The van der Waals surface area contributed by atoms with Crippen LogP contribution in [-0.2, 0) is 13.3 Å². The molecular weight excluding hydrogens is 437 g/mol. The predicted octanol–water partition coefficient (Wildman–Crippen LogP) is 7.09. The Morgan fingerprint density at radius 2 is 1.19 bits per heavy atom. The van der Waals surface area contributed by atoms with Crippen LogP contribution in [0.5, 0.6) is 0 Å². The zero-order valence-corrected chi connectivity index (χ0v) is 26.0. The van der Waals surface area contributed by atoms with Crippen LogP contribution in [0, 0.1) is 0 Å². The van der Waals surface area contributed by atoms with Gasteiger partial charge in [-0.1, -0.05) is 53.2 Å². The Balaban J connectivity index is 3.54. The maximum atomic E-state index is 9.67. The van der Waals surface area contributed by atoms with Gasteiger partial charge < -0.3 is 18.4 Å². The van der Waals surface area contributed by atoms with E-state index in [-0.39, 0.29) is 28.9 Å². The van der Waals surface area contributed by atoms with E-state index in [0.29, 0.717) is 0 Å². The van der Waals surface area contributed by atoms with E-state index in [2.05, 4.69) is 94.3 Å². The third kappa shape index (κ3) is 7.36. The Hall–Kier alpha value is 0.231.